The van der Waals surface area contributed by atoms with Crippen molar-refractivity contribution >= 4 is 33.0 Å². The van der Waals surface area contributed by atoms with Crippen molar-refractivity contribution in [2.75, 3.05) is 13.1 Å². The molecule has 2 rings (SSSR count). The fourth-order valence-corrected chi connectivity index (χ4v) is 3.40. The second kappa shape index (κ2) is 4.76. The Hall–Kier alpha value is -0.190. The molecule has 1 aromatic heterocycles. The van der Waals surface area contributed by atoms with Crippen molar-refractivity contribution < 1.29 is 4.79 Å². The number of rotatable bonds is 2. The quantitative estimate of drug-likeness (QED) is 0.834. The van der Waals surface area contributed by atoms with Gasteiger partial charge in [0, 0.05) is 41.3 Å². The van der Waals surface area contributed by atoms with E-state index in [0.717, 1.165) is 19.6 Å². The van der Waals surface area contributed by atoms with Crippen molar-refractivity contribution in [3.63, 3.8) is 0 Å². The molecule has 0 aliphatic carbocycles. The van der Waals surface area contributed by atoms with Gasteiger partial charge in [-0.1, -0.05) is 6.92 Å². The lowest BCUT2D eigenvalue weighted by Gasteiger charge is -2.29. The van der Waals surface area contributed by atoms with Gasteiger partial charge in [-0.25, -0.2) is 0 Å². The lowest BCUT2D eigenvalue weighted by atomic mass is 9.99. The molecule has 1 aliphatic rings. The molecule has 1 atom stereocenters. The Balaban J connectivity index is 1.96. The van der Waals surface area contributed by atoms with Gasteiger partial charge >= 0.3 is 0 Å². The Morgan fingerprint density at radius 2 is 2.47 bits per heavy atom. The molecule has 2 heterocycles. The highest BCUT2D eigenvalue weighted by atomic mass is 79.9. The van der Waals surface area contributed by atoms with E-state index in [1.54, 1.807) is 11.3 Å². The van der Waals surface area contributed by atoms with Crippen LogP contribution in [0.2, 0.25) is 0 Å². The number of Topliss-reactive ketones (excluding diaryl/α,β-unsaturated/α-hetero) is 1. The maximum atomic E-state index is 11.4. The van der Waals surface area contributed by atoms with Crippen LogP contribution in [0.3, 0.4) is 0 Å². The average molecular weight is 288 g/mol. The molecule has 0 spiro atoms. The first-order valence-corrected chi connectivity index (χ1v) is 6.81. The number of nitrogens with zero attached hydrogens (tertiary/aromatic N) is 1. The van der Waals surface area contributed by atoms with E-state index < -0.39 is 0 Å². The van der Waals surface area contributed by atoms with Crippen LogP contribution in [0, 0.1) is 5.92 Å². The summed E-state index contributed by atoms with van der Waals surface area (Å²) in [6.45, 7) is 4.81. The van der Waals surface area contributed by atoms with E-state index in [-0.39, 0.29) is 5.92 Å². The van der Waals surface area contributed by atoms with Gasteiger partial charge in [0.15, 0.2) is 0 Å². The molecule has 0 radical (unpaired) electrons. The Kier molecular flexibility index (Phi) is 3.59. The van der Waals surface area contributed by atoms with Gasteiger partial charge in [-0.15, -0.1) is 11.3 Å². The highest BCUT2D eigenvalue weighted by Gasteiger charge is 2.23. The van der Waals surface area contributed by atoms with E-state index in [9.17, 15) is 4.79 Å². The predicted octanol–water partition coefficient (Wildman–Crippen LogP) is 2.92. The second-order valence-corrected chi connectivity index (χ2v) is 5.90. The zero-order valence-electron chi connectivity index (χ0n) is 8.70. The summed E-state index contributed by atoms with van der Waals surface area (Å²) in [7, 11) is 0. The Bertz CT molecular complexity index is 363. The first-order chi connectivity index (χ1) is 7.16. The molecule has 1 saturated heterocycles. The van der Waals surface area contributed by atoms with Gasteiger partial charge in [-0.2, -0.15) is 0 Å². The first-order valence-electron chi connectivity index (χ1n) is 5.14. The van der Waals surface area contributed by atoms with Gasteiger partial charge in [0.1, 0.15) is 5.78 Å². The summed E-state index contributed by atoms with van der Waals surface area (Å²) < 4.78 is 1.19. The third kappa shape index (κ3) is 2.68. The number of carbonyl (C=O) groups is 1. The van der Waals surface area contributed by atoms with E-state index >= 15 is 0 Å². The molecule has 2 nitrogen and oxygen atoms in total. The fourth-order valence-electron chi connectivity index (χ4n) is 1.88. The minimum absolute atomic E-state index is 0.206. The lowest BCUT2D eigenvalue weighted by Crippen LogP contribution is -2.38. The Morgan fingerprint density at radius 3 is 3.07 bits per heavy atom. The minimum Gasteiger partial charge on any atom is -0.299 e. The summed E-state index contributed by atoms with van der Waals surface area (Å²) in [6.07, 6.45) is 0.712. The highest BCUT2D eigenvalue weighted by molar-refractivity contribution is 9.10. The van der Waals surface area contributed by atoms with E-state index in [2.05, 4.69) is 32.3 Å². The van der Waals surface area contributed by atoms with Crippen LogP contribution in [0.1, 0.15) is 18.2 Å². The minimum atomic E-state index is 0.206. The van der Waals surface area contributed by atoms with Crippen LogP contribution < -0.4 is 0 Å². The number of piperidine rings is 1. The third-order valence-corrected chi connectivity index (χ3v) is 4.73. The number of likely N-dealkylation sites (tertiary alicyclic amines) is 1. The summed E-state index contributed by atoms with van der Waals surface area (Å²) in [5, 5.41) is 2.10. The maximum absolute atomic E-state index is 11.4. The van der Waals surface area contributed by atoms with Crippen LogP contribution in [0.4, 0.5) is 0 Å². The van der Waals surface area contributed by atoms with E-state index in [1.807, 2.05) is 6.92 Å². The largest absolute Gasteiger partial charge is 0.299 e. The van der Waals surface area contributed by atoms with Gasteiger partial charge in [0.2, 0.25) is 0 Å². The summed E-state index contributed by atoms with van der Waals surface area (Å²) in [6, 6.07) is 2.08. The van der Waals surface area contributed by atoms with E-state index in [1.165, 1.54) is 9.35 Å². The van der Waals surface area contributed by atoms with Crippen molar-refractivity contribution in [1.82, 2.24) is 4.90 Å². The molecule has 15 heavy (non-hydrogen) atoms. The van der Waals surface area contributed by atoms with Crippen LogP contribution in [-0.4, -0.2) is 23.8 Å². The zero-order chi connectivity index (χ0) is 10.8. The SMILES string of the molecule is CC1CN(Cc2sccc2Br)CCC1=O. The van der Waals surface area contributed by atoms with E-state index in [4.69, 9.17) is 0 Å². The second-order valence-electron chi connectivity index (χ2n) is 4.04. The molecule has 1 aliphatic heterocycles. The molecule has 0 saturated carbocycles. The van der Waals surface area contributed by atoms with Gasteiger partial charge in [0.25, 0.3) is 0 Å². The number of ketones is 1. The van der Waals surface area contributed by atoms with Crippen LogP contribution >= 0.6 is 27.3 Å². The topological polar surface area (TPSA) is 20.3 Å². The van der Waals surface area contributed by atoms with E-state index in [0.29, 0.717) is 12.2 Å². The molecule has 0 bridgehead atoms. The van der Waals surface area contributed by atoms with Crippen molar-refractivity contribution in [3.8, 4) is 0 Å². The van der Waals surface area contributed by atoms with Crippen molar-refractivity contribution in [3.05, 3.63) is 20.8 Å². The Morgan fingerprint density at radius 1 is 1.67 bits per heavy atom. The molecule has 4 heteroatoms. The molecule has 0 amide bonds. The van der Waals surface area contributed by atoms with Gasteiger partial charge < -0.3 is 0 Å². The van der Waals surface area contributed by atoms with Crippen molar-refractivity contribution in [2.45, 2.75) is 19.9 Å². The molecule has 0 aromatic carbocycles. The zero-order valence-corrected chi connectivity index (χ0v) is 11.1. The fraction of sp³-hybridized carbons (Fsp3) is 0.545. The predicted molar refractivity (Wildman–Crippen MR) is 66.1 cm³/mol. The van der Waals surface area contributed by atoms with Crippen molar-refractivity contribution in [1.29, 1.82) is 0 Å². The molecular formula is C11H14BrNOS. The van der Waals surface area contributed by atoms with Gasteiger partial charge in [-0.3, -0.25) is 9.69 Å². The first kappa shape index (κ1) is 11.3. The molecule has 82 valence electrons. The molecule has 0 N–H and O–H groups in total. The molecule has 1 fully saturated rings. The number of hydrogen-bond acceptors (Lipinski definition) is 3. The summed E-state index contributed by atoms with van der Waals surface area (Å²) in [4.78, 5) is 15.1. The Labute approximate surface area is 102 Å². The molecule has 1 aromatic rings. The maximum Gasteiger partial charge on any atom is 0.138 e. The van der Waals surface area contributed by atoms with Crippen LogP contribution in [-0.2, 0) is 11.3 Å². The molecular weight excluding hydrogens is 274 g/mol. The van der Waals surface area contributed by atoms with Crippen LogP contribution in [0.15, 0.2) is 15.9 Å². The average Bonchev–Trinajstić information content (AvgIpc) is 2.59. The summed E-state index contributed by atoms with van der Waals surface area (Å²) >= 11 is 5.31. The standard InChI is InChI=1S/C11H14BrNOS/c1-8-6-13(4-2-10(8)14)7-11-9(12)3-5-15-11/h3,5,8H,2,4,6-7H2,1H3. The number of carbonyl (C=O) groups excluding carboxylic acids is 1. The third-order valence-electron chi connectivity index (χ3n) is 2.81. The number of hydrogen-bond donors (Lipinski definition) is 0. The number of halogens is 1. The normalized spacial score (nSPS) is 23.3. The molecule has 1 unspecified atom stereocenters. The smallest absolute Gasteiger partial charge is 0.138 e. The number of thiophene rings is 1. The monoisotopic (exact) mass is 287 g/mol. The van der Waals surface area contributed by atoms with Gasteiger partial charge in [0.05, 0.1) is 0 Å². The summed E-state index contributed by atoms with van der Waals surface area (Å²) in [5.74, 6) is 0.619. The van der Waals surface area contributed by atoms with Crippen LogP contribution in [0.25, 0.3) is 0 Å². The lowest BCUT2D eigenvalue weighted by molar-refractivity contribution is -0.125. The summed E-state index contributed by atoms with van der Waals surface area (Å²) in [5.41, 5.74) is 0. The highest BCUT2D eigenvalue weighted by Crippen LogP contribution is 2.25. The van der Waals surface area contributed by atoms with Crippen LogP contribution in [0.5, 0.6) is 0 Å². The van der Waals surface area contributed by atoms with Gasteiger partial charge in [-0.05, 0) is 27.4 Å². The van der Waals surface area contributed by atoms with Crippen molar-refractivity contribution in [2.24, 2.45) is 5.92 Å².